The number of nitrogens with one attached hydrogen (secondary N) is 1. The summed E-state index contributed by atoms with van der Waals surface area (Å²) in [7, 11) is 0. The van der Waals surface area contributed by atoms with Crippen molar-refractivity contribution < 1.29 is 13.5 Å². The maximum atomic E-state index is 11.7. The van der Waals surface area contributed by atoms with Gasteiger partial charge in [-0.25, -0.2) is 8.78 Å². The van der Waals surface area contributed by atoms with Crippen LogP contribution in [0.1, 0.15) is 0 Å². The van der Waals surface area contributed by atoms with Crippen molar-refractivity contribution in [2.75, 3.05) is 30.8 Å². The summed E-state index contributed by atoms with van der Waals surface area (Å²) in [6.07, 6.45) is 0.692. The number of ether oxygens (including phenoxy) is 1. The number of hydrogen-bond donors (Lipinski definition) is 2. The Morgan fingerprint density at radius 2 is 2.33 bits per heavy atom. The number of aromatic nitrogens is 1. The first-order valence-corrected chi connectivity index (χ1v) is 4.49. The molecule has 0 unspecified atom stereocenters. The summed E-state index contributed by atoms with van der Waals surface area (Å²) < 4.78 is 28.0. The van der Waals surface area contributed by atoms with Gasteiger partial charge in [0.1, 0.15) is 6.61 Å². The molecule has 84 valence electrons. The van der Waals surface area contributed by atoms with Crippen molar-refractivity contribution in [1.82, 2.24) is 4.98 Å². The van der Waals surface area contributed by atoms with Crippen molar-refractivity contribution in [1.29, 1.82) is 0 Å². The zero-order valence-corrected chi connectivity index (χ0v) is 8.12. The van der Waals surface area contributed by atoms with Crippen LogP contribution in [0.2, 0.25) is 0 Å². The molecule has 0 aliphatic carbocycles. The minimum atomic E-state index is -2.42. The van der Waals surface area contributed by atoms with Crippen LogP contribution in [0.5, 0.6) is 0 Å². The molecular weight excluding hydrogens is 204 g/mol. The number of hydrogen-bond acceptors (Lipinski definition) is 4. The third-order valence-corrected chi connectivity index (χ3v) is 1.66. The summed E-state index contributed by atoms with van der Waals surface area (Å²) in [6, 6.07) is 1.71. The fourth-order valence-electron chi connectivity index (χ4n) is 0.998. The number of anilines is 2. The maximum absolute atomic E-state index is 11.7. The van der Waals surface area contributed by atoms with Crippen molar-refractivity contribution in [3.8, 4) is 0 Å². The third-order valence-electron chi connectivity index (χ3n) is 1.66. The summed E-state index contributed by atoms with van der Waals surface area (Å²) in [5.41, 5.74) is 6.84. The number of halogens is 2. The monoisotopic (exact) mass is 217 g/mol. The Labute approximate surface area is 86.4 Å². The summed E-state index contributed by atoms with van der Waals surface area (Å²) in [6.45, 7) is 0.112. The minimum absolute atomic E-state index is 0.214. The average molecular weight is 217 g/mol. The fraction of sp³-hybridized carbons (Fsp3) is 0.444. The quantitative estimate of drug-likeness (QED) is 0.706. The first kappa shape index (κ1) is 11.6. The lowest BCUT2D eigenvalue weighted by atomic mass is 10.3. The lowest BCUT2D eigenvalue weighted by molar-refractivity contribution is 0.0215. The van der Waals surface area contributed by atoms with Gasteiger partial charge in [0.05, 0.1) is 24.2 Å². The minimum Gasteiger partial charge on any atom is -0.396 e. The van der Waals surface area contributed by atoms with Crippen molar-refractivity contribution in [2.45, 2.75) is 6.43 Å². The molecule has 0 spiro atoms. The number of nitrogens with two attached hydrogens (primary N) is 1. The largest absolute Gasteiger partial charge is 0.396 e. The van der Waals surface area contributed by atoms with Gasteiger partial charge in [-0.1, -0.05) is 0 Å². The van der Waals surface area contributed by atoms with Crippen LogP contribution in [-0.2, 0) is 4.74 Å². The van der Waals surface area contributed by atoms with E-state index in [1.807, 2.05) is 0 Å². The van der Waals surface area contributed by atoms with Gasteiger partial charge in [-0.2, -0.15) is 0 Å². The Morgan fingerprint density at radius 1 is 1.53 bits per heavy atom. The van der Waals surface area contributed by atoms with E-state index in [0.717, 1.165) is 5.69 Å². The first-order valence-electron chi connectivity index (χ1n) is 4.49. The van der Waals surface area contributed by atoms with E-state index < -0.39 is 13.0 Å². The van der Waals surface area contributed by atoms with Crippen LogP contribution in [0, 0.1) is 0 Å². The topological polar surface area (TPSA) is 60.2 Å². The zero-order chi connectivity index (χ0) is 11.1. The van der Waals surface area contributed by atoms with E-state index in [1.54, 1.807) is 12.3 Å². The molecule has 1 aromatic heterocycles. The van der Waals surface area contributed by atoms with Crippen LogP contribution >= 0.6 is 0 Å². The highest BCUT2D eigenvalue weighted by atomic mass is 19.3. The van der Waals surface area contributed by atoms with E-state index in [1.165, 1.54) is 6.20 Å². The van der Waals surface area contributed by atoms with E-state index >= 15 is 0 Å². The van der Waals surface area contributed by atoms with Crippen LogP contribution in [0.25, 0.3) is 0 Å². The summed E-state index contributed by atoms with van der Waals surface area (Å²) in [4.78, 5) is 3.82. The standard InChI is InChI=1S/C9H13F2N3O/c10-9(11)6-15-4-3-14-8-1-2-13-5-7(8)12/h1-2,5,9H,3-4,6,12H2,(H,13,14). The van der Waals surface area contributed by atoms with E-state index in [4.69, 9.17) is 5.73 Å². The highest BCUT2D eigenvalue weighted by Gasteiger charge is 2.01. The van der Waals surface area contributed by atoms with Gasteiger partial charge < -0.3 is 15.8 Å². The zero-order valence-electron chi connectivity index (χ0n) is 8.12. The first-order chi connectivity index (χ1) is 7.20. The molecule has 0 saturated carbocycles. The van der Waals surface area contributed by atoms with Crippen LogP contribution in [-0.4, -0.2) is 31.2 Å². The fourth-order valence-corrected chi connectivity index (χ4v) is 0.998. The molecular formula is C9H13F2N3O. The highest BCUT2D eigenvalue weighted by molar-refractivity contribution is 5.64. The maximum Gasteiger partial charge on any atom is 0.261 e. The van der Waals surface area contributed by atoms with E-state index in [0.29, 0.717) is 12.2 Å². The molecule has 0 radical (unpaired) electrons. The molecule has 1 rings (SSSR count). The normalized spacial score (nSPS) is 10.6. The van der Waals surface area contributed by atoms with Crippen molar-refractivity contribution in [2.24, 2.45) is 0 Å². The van der Waals surface area contributed by atoms with Crippen LogP contribution < -0.4 is 11.1 Å². The van der Waals surface area contributed by atoms with Gasteiger partial charge in [0.15, 0.2) is 0 Å². The van der Waals surface area contributed by atoms with E-state index in [2.05, 4.69) is 15.0 Å². The number of rotatable bonds is 6. The molecule has 0 aliphatic heterocycles. The molecule has 1 heterocycles. The molecule has 0 aromatic carbocycles. The predicted octanol–water partition coefficient (Wildman–Crippen LogP) is 1.36. The lowest BCUT2D eigenvalue weighted by Crippen LogP contribution is -2.13. The molecule has 0 amide bonds. The molecule has 0 aliphatic rings. The van der Waals surface area contributed by atoms with Crippen LogP contribution in [0.3, 0.4) is 0 Å². The third kappa shape index (κ3) is 4.55. The number of alkyl halides is 2. The van der Waals surface area contributed by atoms with Crippen molar-refractivity contribution in [3.63, 3.8) is 0 Å². The highest BCUT2D eigenvalue weighted by Crippen LogP contribution is 2.14. The molecule has 1 aromatic rings. The Bertz CT molecular complexity index is 296. The van der Waals surface area contributed by atoms with Crippen molar-refractivity contribution in [3.05, 3.63) is 18.5 Å². The summed E-state index contributed by atoms with van der Waals surface area (Å²) >= 11 is 0. The molecule has 3 N–H and O–H groups in total. The van der Waals surface area contributed by atoms with Crippen LogP contribution in [0.4, 0.5) is 20.2 Å². The van der Waals surface area contributed by atoms with E-state index in [-0.39, 0.29) is 6.61 Å². The van der Waals surface area contributed by atoms with Gasteiger partial charge in [0.2, 0.25) is 0 Å². The van der Waals surface area contributed by atoms with Crippen LogP contribution in [0.15, 0.2) is 18.5 Å². The molecule has 0 atom stereocenters. The average Bonchev–Trinajstić information content (AvgIpc) is 2.20. The van der Waals surface area contributed by atoms with Gasteiger partial charge in [0, 0.05) is 12.7 Å². The summed E-state index contributed by atoms with van der Waals surface area (Å²) in [5, 5.41) is 2.95. The second kappa shape index (κ2) is 6.13. The number of nitrogens with zero attached hydrogens (tertiary/aromatic N) is 1. The molecule has 4 nitrogen and oxygen atoms in total. The summed E-state index contributed by atoms with van der Waals surface area (Å²) in [5.74, 6) is 0. The predicted molar refractivity (Wildman–Crippen MR) is 54.0 cm³/mol. The lowest BCUT2D eigenvalue weighted by Gasteiger charge is -2.08. The Hall–Kier alpha value is -1.43. The molecule has 15 heavy (non-hydrogen) atoms. The van der Waals surface area contributed by atoms with Gasteiger partial charge in [-0.3, -0.25) is 4.98 Å². The molecule has 0 fully saturated rings. The smallest absolute Gasteiger partial charge is 0.261 e. The number of pyridine rings is 1. The molecule has 0 bridgehead atoms. The number of nitrogen functional groups attached to an aromatic ring is 1. The Kier molecular flexibility index (Phi) is 4.76. The molecule has 6 heteroatoms. The van der Waals surface area contributed by atoms with Gasteiger partial charge in [0.25, 0.3) is 6.43 Å². The second-order valence-corrected chi connectivity index (χ2v) is 2.86. The van der Waals surface area contributed by atoms with Crippen molar-refractivity contribution >= 4 is 11.4 Å². The van der Waals surface area contributed by atoms with Gasteiger partial charge in [-0.05, 0) is 6.07 Å². The van der Waals surface area contributed by atoms with Gasteiger partial charge >= 0.3 is 0 Å². The van der Waals surface area contributed by atoms with E-state index in [9.17, 15) is 8.78 Å². The second-order valence-electron chi connectivity index (χ2n) is 2.86. The SMILES string of the molecule is Nc1cnccc1NCCOCC(F)F. The Balaban J connectivity index is 2.18. The molecule has 0 saturated heterocycles. The Morgan fingerprint density at radius 3 is 3.00 bits per heavy atom. The van der Waals surface area contributed by atoms with Gasteiger partial charge in [-0.15, -0.1) is 0 Å².